The van der Waals surface area contributed by atoms with Gasteiger partial charge in [-0.1, -0.05) is 37.1 Å². The maximum atomic E-state index is 13.1. The van der Waals surface area contributed by atoms with Crippen molar-refractivity contribution >= 4 is 41.4 Å². The number of carbonyl (C=O) groups excluding carboxylic acids is 2. The number of anilines is 3. The van der Waals surface area contributed by atoms with Crippen molar-refractivity contribution < 1.29 is 9.59 Å². The third-order valence-corrected chi connectivity index (χ3v) is 5.90. The largest absolute Gasteiger partial charge is 0.325 e. The second-order valence-corrected chi connectivity index (χ2v) is 7.71. The monoisotopic (exact) mass is 414 g/mol. The SMILES string of the molecule is Cl.O=C(Nc1ccccc1)Nc1cccc(NC(=O)[C@@]23CCCC[C@H]2CNC3)c1. The molecule has 2 fully saturated rings. The minimum atomic E-state index is -0.319. The smallest absolute Gasteiger partial charge is 0.323 e. The van der Waals surface area contributed by atoms with Gasteiger partial charge in [0.2, 0.25) is 5.91 Å². The lowest BCUT2D eigenvalue weighted by molar-refractivity contribution is -0.128. The molecule has 2 atom stereocenters. The fourth-order valence-electron chi connectivity index (χ4n) is 4.44. The van der Waals surface area contributed by atoms with Gasteiger partial charge in [0, 0.05) is 23.6 Å². The first-order valence-electron chi connectivity index (χ1n) is 9.91. The Morgan fingerprint density at radius 3 is 2.38 bits per heavy atom. The normalized spacial score (nSPS) is 22.7. The molecule has 2 aliphatic rings. The zero-order valence-corrected chi connectivity index (χ0v) is 17.1. The number of carbonyl (C=O) groups is 2. The Morgan fingerprint density at radius 2 is 1.59 bits per heavy atom. The number of amides is 3. The standard InChI is InChI=1S/C22H26N4O2.ClH/c27-20(22-12-5-4-7-16(22)14-23-15-22)24-18-10-6-11-19(13-18)26-21(28)25-17-8-2-1-3-9-17;/h1-3,6,8-11,13,16,23H,4-5,7,12,14-15H2,(H,24,27)(H2,25,26,28);1H/t16-,22+;/m0./s1. The van der Waals surface area contributed by atoms with E-state index < -0.39 is 0 Å². The lowest BCUT2D eigenvalue weighted by atomic mass is 9.67. The van der Waals surface area contributed by atoms with Crippen molar-refractivity contribution in [3.05, 3.63) is 54.6 Å². The van der Waals surface area contributed by atoms with E-state index in [1.54, 1.807) is 12.1 Å². The molecule has 2 aromatic rings. The number of fused-ring (bicyclic) bond motifs is 1. The van der Waals surface area contributed by atoms with E-state index in [0.29, 0.717) is 17.3 Å². The zero-order chi connectivity index (χ0) is 19.4. The van der Waals surface area contributed by atoms with Gasteiger partial charge in [0.25, 0.3) is 0 Å². The van der Waals surface area contributed by atoms with Gasteiger partial charge in [-0.3, -0.25) is 4.79 Å². The van der Waals surface area contributed by atoms with Crippen LogP contribution < -0.4 is 21.3 Å². The third kappa shape index (κ3) is 4.71. The van der Waals surface area contributed by atoms with Gasteiger partial charge >= 0.3 is 6.03 Å². The summed E-state index contributed by atoms with van der Waals surface area (Å²) in [7, 11) is 0. The number of rotatable bonds is 4. The van der Waals surface area contributed by atoms with Crippen LogP contribution >= 0.6 is 12.4 Å². The summed E-state index contributed by atoms with van der Waals surface area (Å²) >= 11 is 0. The summed E-state index contributed by atoms with van der Waals surface area (Å²) in [5.74, 6) is 0.507. The summed E-state index contributed by atoms with van der Waals surface area (Å²) in [4.78, 5) is 25.3. The van der Waals surface area contributed by atoms with Crippen LogP contribution in [-0.4, -0.2) is 25.0 Å². The Balaban J connectivity index is 0.00000240. The molecule has 7 heteroatoms. The van der Waals surface area contributed by atoms with Crippen molar-refractivity contribution in [3.8, 4) is 0 Å². The van der Waals surface area contributed by atoms with Crippen molar-refractivity contribution in [1.29, 1.82) is 0 Å². The quantitative estimate of drug-likeness (QED) is 0.595. The fraction of sp³-hybridized carbons (Fsp3) is 0.364. The van der Waals surface area contributed by atoms with E-state index in [-0.39, 0.29) is 29.8 Å². The van der Waals surface area contributed by atoms with E-state index in [1.165, 1.54) is 6.42 Å². The van der Waals surface area contributed by atoms with Crippen molar-refractivity contribution in [2.75, 3.05) is 29.0 Å². The van der Waals surface area contributed by atoms with Crippen LogP contribution in [0, 0.1) is 11.3 Å². The van der Waals surface area contributed by atoms with E-state index in [1.807, 2.05) is 42.5 Å². The topological polar surface area (TPSA) is 82.3 Å². The highest BCUT2D eigenvalue weighted by atomic mass is 35.5. The average molecular weight is 415 g/mol. The summed E-state index contributed by atoms with van der Waals surface area (Å²) < 4.78 is 0. The molecule has 1 aliphatic heterocycles. The molecule has 3 amide bonds. The Labute approximate surface area is 177 Å². The summed E-state index contributed by atoms with van der Waals surface area (Å²) in [6, 6.07) is 16.2. The number of benzene rings is 2. The predicted octanol–water partition coefficient (Wildman–Crippen LogP) is 4.47. The highest BCUT2D eigenvalue weighted by Crippen LogP contribution is 2.44. The second kappa shape index (κ2) is 9.29. The fourth-order valence-corrected chi connectivity index (χ4v) is 4.44. The van der Waals surface area contributed by atoms with Gasteiger partial charge in [0.05, 0.1) is 5.41 Å². The van der Waals surface area contributed by atoms with Gasteiger partial charge < -0.3 is 21.3 Å². The van der Waals surface area contributed by atoms with Crippen LogP contribution in [0.3, 0.4) is 0 Å². The first kappa shape index (κ1) is 21.1. The minimum absolute atomic E-state index is 0. The van der Waals surface area contributed by atoms with Crippen molar-refractivity contribution in [2.24, 2.45) is 11.3 Å². The highest BCUT2D eigenvalue weighted by Gasteiger charge is 2.49. The third-order valence-electron chi connectivity index (χ3n) is 5.90. The van der Waals surface area contributed by atoms with Crippen LogP contribution in [0.25, 0.3) is 0 Å². The predicted molar refractivity (Wildman–Crippen MR) is 119 cm³/mol. The van der Waals surface area contributed by atoms with Crippen LogP contribution in [0.15, 0.2) is 54.6 Å². The van der Waals surface area contributed by atoms with Crippen molar-refractivity contribution in [2.45, 2.75) is 25.7 Å². The van der Waals surface area contributed by atoms with E-state index in [9.17, 15) is 9.59 Å². The average Bonchev–Trinajstić information content (AvgIpc) is 3.14. The molecular weight excluding hydrogens is 388 g/mol. The molecule has 4 rings (SSSR count). The van der Waals surface area contributed by atoms with Crippen LogP contribution in [0.2, 0.25) is 0 Å². The Hall–Kier alpha value is -2.57. The highest BCUT2D eigenvalue weighted by molar-refractivity contribution is 6.01. The number of hydrogen-bond donors (Lipinski definition) is 4. The minimum Gasteiger partial charge on any atom is -0.325 e. The lowest BCUT2D eigenvalue weighted by Crippen LogP contribution is -2.44. The molecule has 0 spiro atoms. The molecule has 1 aliphatic carbocycles. The molecule has 1 heterocycles. The van der Waals surface area contributed by atoms with E-state index >= 15 is 0 Å². The number of halogens is 1. The summed E-state index contributed by atoms with van der Waals surface area (Å²) in [5, 5.41) is 12.1. The Bertz CT molecular complexity index is 861. The van der Waals surface area contributed by atoms with Gasteiger partial charge in [-0.05, 0) is 55.6 Å². The van der Waals surface area contributed by atoms with E-state index in [2.05, 4.69) is 21.3 Å². The molecule has 6 nitrogen and oxygen atoms in total. The lowest BCUT2D eigenvalue weighted by Gasteiger charge is -2.37. The number of para-hydroxylation sites is 1. The first-order chi connectivity index (χ1) is 13.7. The molecule has 4 N–H and O–H groups in total. The van der Waals surface area contributed by atoms with Gasteiger partial charge in [-0.15, -0.1) is 12.4 Å². The van der Waals surface area contributed by atoms with Crippen LogP contribution in [0.5, 0.6) is 0 Å². The van der Waals surface area contributed by atoms with Crippen LogP contribution in [0.4, 0.5) is 21.9 Å². The Kier molecular flexibility index (Phi) is 6.77. The van der Waals surface area contributed by atoms with Gasteiger partial charge in [-0.2, -0.15) is 0 Å². The number of nitrogens with one attached hydrogen (secondary N) is 4. The zero-order valence-electron chi connectivity index (χ0n) is 16.2. The molecule has 0 radical (unpaired) electrons. The molecule has 1 saturated heterocycles. The van der Waals surface area contributed by atoms with Crippen molar-refractivity contribution in [1.82, 2.24) is 5.32 Å². The summed E-state index contributed by atoms with van der Waals surface area (Å²) in [5.41, 5.74) is 1.76. The summed E-state index contributed by atoms with van der Waals surface area (Å²) in [6.45, 7) is 1.68. The Morgan fingerprint density at radius 1 is 0.897 bits per heavy atom. The van der Waals surface area contributed by atoms with Gasteiger partial charge in [0.15, 0.2) is 0 Å². The van der Waals surface area contributed by atoms with Gasteiger partial charge in [0.1, 0.15) is 0 Å². The van der Waals surface area contributed by atoms with Gasteiger partial charge in [-0.25, -0.2) is 4.79 Å². The maximum absolute atomic E-state index is 13.1. The molecule has 2 aromatic carbocycles. The van der Waals surface area contributed by atoms with E-state index in [4.69, 9.17) is 0 Å². The molecule has 29 heavy (non-hydrogen) atoms. The second-order valence-electron chi connectivity index (χ2n) is 7.71. The maximum Gasteiger partial charge on any atom is 0.323 e. The molecule has 0 unspecified atom stereocenters. The molecule has 0 aromatic heterocycles. The van der Waals surface area contributed by atoms with Crippen molar-refractivity contribution in [3.63, 3.8) is 0 Å². The molecule has 0 bridgehead atoms. The number of hydrogen-bond acceptors (Lipinski definition) is 3. The first-order valence-corrected chi connectivity index (χ1v) is 9.91. The number of urea groups is 1. The van der Waals surface area contributed by atoms with E-state index in [0.717, 1.165) is 38.0 Å². The van der Waals surface area contributed by atoms with Crippen LogP contribution in [-0.2, 0) is 4.79 Å². The summed E-state index contributed by atoms with van der Waals surface area (Å²) in [6.07, 6.45) is 4.36. The molecular formula is C22H27ClN4O2. The molecule has 154 valence electrons. The van der Waals surface area contributed by atoms with Crippen LogP contribution in [0.1, 0.15) is 25.7 Å². The molecule has 1 saturated carbocycles.